The Morgan fingerprint density at radius 3 is 2.40 bits per heavy atom. The minimum atomic E-state index is -0.719. The van der Waals surface area contributed by atoms with Gasteiger partial charge in [-0.3, -0.25) is 9.59 Å². The zero-order valence-corrected chi connectivity index (χ0v) is 15.3. The number of carbonyl (C=O) groups excluding carboxylic acids is 2. The smallest absolute Gasteiger partial charge is 0.261 e. The molecule has 2 aromatic carbocycles. The monoisotopic (exact) mass is 380 g/mol. The molecule has 1 atom stereocenters. The van der Waals surface area contributed by atoms with Crippen LogP contribution in [0.3, 0.4) is 0 Å². The fraction of sp³-hybridized carbons (Fsp3) is 0.222. The van der Waals surface area contributed by atoms with Crippen molar-refractivity contribution in [1.29, 1.82) is 0 Å². The highest BCUT2D eigenvalue weighted by atomic mass is 35.5. The van der Waals surface area contributed by atoms with Gasteiger partial charge in [-0.15, -0.1) is 0 Å². The fourth-order valence-corrected chi connectivity index (χ4v) is 2.52. The molecule has 5 nitrogen and oxygen atoms in total. The van der Waals surface area contributed by atoms with Gasteiger partial charge in [-0.25, -0.2) is 0 Å². The summed E-state index contributed by atoms with van der Waals surface area (Å²) in [5.74, 6) is -0.0394. The Morgan fingerprint density at radius 2 is 1.80 bits per heavy atom. The van der Waals surface area contributed by atoms with Crippen LogP contribution in [-0.4, -0.2) is 25.0 Å². The van der Waals surface area contributed by atoms with E-state index in [1.165, 1.54) is 0 Å². The highest BCUT2D eigenvalue weighted by molar-refractivity contribution is 6.35. The minimum Gasteiger partial charge on any atom is -0.479 e. The minimum absolute atomic E-state index is 0.155. The summed E-state index contributed by atoms with van der Waals surface area (Å²) in [5, 5.41) is 6.17. The lowest BCUT2D eigenvalue weighted by atomic mass is 10.1. The molecule has 2 amide bonds. The zero-order valence-electron chi connectivity index (χ0n) is 13.8. The first-order valence-corrected chi connectivity index (χ1v) is 8.36. The maximum Gasteiger partial charge on any atom is 0.261 e. The number of halogens is 2. The third-order valence-corrected chi connectivity index (χ3v) is 4.01. The largest absolute Gasteiger partial charge is 0.479 e. The molecule has 0 bridgehead atoms. The van der Waals surface area contributed by atoms with Crippen molar-refractivity contribution in [2.45, 2.75) is 19.6 Å². The molecule has 0 spiro atoms. The summed E-state index contributed by atoms with van der Waals surface area (Å²) in [5.41, 5.74) is 1.43. The van der Waals surface area contributed by atoms with Gasteiger partial charge in [-0.1, -0.05) is 35.3 Å². The summed E-state index contributed by atoms with van der Waals surface area (Å²) in [6, 6.07) is 11.8. The third kappa shape index (κ3) is 5.37. The molecule has 2 rings (SSSR count). The van der Waals surface area contributed by atoms with Crippen molar-refractivity contribution in [3.63, 3.8) is 0 Å². The molecule has 0 heterocycles. The second kappa shape index (κ2) is 8.74. The Hall–Kier alpha value is -2.24. The number of amides is 2. The Bertz CT molecular complexity index is 763. The van der Waals surface area contributed by atoms with E-state index in [1.54, 1.807) is 56.4 Å². The van der Waals surface area contributed by atoms with Gasteiger partial charge in [0.25, 0.3) is 11.8 Å². The average Bonchev–Trinajstić information content (AvgIpc) is 2.61. The standard InChI is InChI=1S/C18H18Cl2N2O3/c1-11(25-16-8-7-14(19)9-15(16)20)17(23)22-10-12-3-5-13(6-4-12)18(24)21-2/h3-9,11H,10H2,1-2H3,(H,21,24)(H,22,23). The summed E-state index contributed by atoms with van der Waals surface area (Å²) in [7, 11) is 1.57. The summed E-state index contributed by atoms with van der Waals surface area (Å²) in [6.07, 6.45) is -0.719. The fourth-order valence-electron chi connectivity index (χ4n) is 2.07. The average molecular weight is 381 g/mol. The summed E-state index contributed by atoms with van der Waals surface area (Å²) in [4.78, 5) is 23.6. The Kier molecular flexibility index (Phi) is 6.67. The third-order valence-electron chi connectivity index (χ3n) is 3.48. The van der Waals surface area contributed by atoms with Gasteiger partial charge in [0.15, 0.2) is 6.10 Å². The van der Waals surface area contributed by atoms with E-state index >= 15 is 0 Å². The van der Waals surface area contributed by atoms with Crippen LogP contribution >= 0.6 is 23.2 Å². The predicted molar refractivity (Wildman–Crippen MR) is 98.2 cm³/mol. The van der Waals surface area contributed by atoms with Crippen molar-refractivity contribution in [2.75, 3.05) is 7.05 Å². The summed E-state index contributed by atoms with van der Waals surface area (Å²) >= 11 is 11.9. The van der Waals surface area contributed by atoms with Crippen LogP contribution < -0.4 is 15.4 Å². The van der Waals surface area contributed by atoms with Gasteiger partial charge in [0.05, 0.1) is 5.02 Å². The molecule has 1 unspecified atom stereocenters. The van der Waals surface area contributed by atoms with Crippen LogP contribution in [0.1, 0.15) is 22.8 Å². The first kappa shape index (κ1) is 19.1. The Morgan fingerprint density at radius 1 is 1.12 bits per heavy atom. The Balaban J connectivity index is 1.89. The number of benzene rings is 2. The Labute approximate surface area is 156 Å². The molecule has 0 aromatic heterocycles. The van der Waals surface area contributed by atoms with Gasteiger partial charge < -0.3 is 15.4 Å². The molecule has 25 heavy (non-hydrogen) atoms. The van der Waals surface area contributed by atoms with Gasteiger partial charge in [-0.2, -0.15) is 0 Å². The maximum atomic E-state index is 12.2. The van der Waals surface area contributed by atoms with Gasteiger partial charge >= 0.3 is 0 Å². The van der Waals surface area contributed by atoms with Gasteiger partial charge in [0, 0.05) is 24.2 Å². The molecule has 2 N–H and O–H groups in total. The molecule has 7 heteroatoms. The molecular weight excluding hydrogens is 363 g/mol. The zero-order chi connectivity index (χ0) is 18.4. The van der Waals surface area contributed by atoms with Crippen LogP contribution in [-0.2, 0) is 11.3 Å². The summed E-state index contributed by atoms with van der Waals surface area (Å²) in [6.45, 7) is 1.96. The lowest BCUT2D eigenvalue weighted by Gasteiger charge is -2.16. The number of hydrogen-bond acceptors (Lipinski definition) is 3. The van der Waals surface area contributed by atoms with Crippen LogP contribution in [0.2, 0.25) is 10.0 Å². The van der Waals surface area contributed by atoms with Gasteiger partial charge in [0.2, 0.25) is 0 Å². The van der Waals surface area contributed by atoms with E-state index in [-0.39, 0.29) is 11.8 Å². The topological polar surface area (TPSA) is 67.4 Å². The summed E-state index contributed by atoms with van der Waals surface area (Å²) < 4.78 is 5.56. The van der Waals surface area contributed by atoms with Crippen molar-refractivity contribution in [3.05, 3.63) is 63.6 Å². The van der Waals surface area contributed by atoms with Crippen molar-refractivity contribution in [1.82, 2.24) is 10.6 Å². The highest BCUT2D eigenvalue weighted by Crippen LogP contribution is 2.28. The first-order valence-electron chi connectivity index (χ1n) is 7.61. The van der Waals surface area contributed by atoms with E-state index in [4.69, 9.17) is 27.9 Å². The van der Waals surface area contributed by atoms with Crippen LogP contribution in [0.5, 0.6) is 5.75 Å². The van der Waals surface area contributed by atoms with Crippen molar-refractivity contribution in [3.8, 4) is 5.75 Å². The van der Waals surface area contributed by atoms with E-state index in [1.807, 2.05) is 0 Å². The van der Waals surface area contributed by atoms with Crippen LogP contribution in [0.25, 0.3) is 0 Å². The molecule has 2 aromatic rings. The van der Waals surface area contributed by atoms with E-state index in [2.05, 4.69) is 10.6 Å². The highest BCUT2D eigenvalue weighted by Gasteiger charge is 2.16. The number of ether oxygens (including phenoxy) is 1. The number of hydrogen-bond donors (Lipinski definition) is 2. The predicted octanol–water partition coefficient (Wildman–Crippen LogP) is 3.44. The molecule has 0 aliphatic rings. The van der Waals surface area contributed by atoms with E-state index < -0.39 is 6.10 Å². The second-order valence-electron chi connectivity index (χ2n) is 5.33. The van der Waals surface area contributed by atoms with Crippen LogP contribution in [0.4, 0.5) is 0 Å². The van der Waals surface area contributed by atoms with E-state index in [9.17, 15) is 9.59 Å². The van der Waals surface area contributed by atoms with Crippen LogP contribution in [0.15, 0.2) is 42.5 Å². The van der Waals surface area contributed by atoms with Crippen molar-refractivity contribution >= 4 is 35.0 Å². The van der Waals surface area contributed by atoms with Crippen molar-refractivity contribution < 1.29 is 14.3 Å². The SMILES string of the molecule is CNC(=O)c1ccc(CNC(=O)C(C)Oc2ccc(Cl)cc2Cl)cc1. The molecule has 0 radical (unpaired) electrons. The molecule has 0 saturated carbocycles. The first-order chi connectivity index (χ1) is 11.9. The number of rotatable bonds is 6. The molecule has 0 fully saturated rings. The van der Waals surface area contributed by atoms with E-state index in [0.717, 1.165) is 5.56 Å². The number of carbonyl (C=O) groups is 2. The van der Waals surface area contributed by atoms with Gasteiger partial charge in [0.1, 0.15) is 5.75 Å². The number of nitrogens with one attached hydrogen (secondary N) is 2. The second-order valence-corrected chi connectivity index (χ2v) is 6.17. The lowest BCUT2D eigenvalue weighted by Crippen LogP contribution is -2.36. The maximum absolute atomic E-state index is 12.2. The van der Waals surface area contributed by atoms with Crippen molar-refractivity contribution in [2.24, 2.45) is 0 Å². The molecule has 0 aliphatic carbocycles. The molecule has 0 saturated heterocycles. The normalized spacial score (nSPS) is 11.5. The molecular formula is C18H18Cl2N2O3. The van der Waals surface area contributed by atoms with Gasteiger partial charge in [-0.05, 0) is 42.8 Å². The molecule has 0 aliphatic heterocycles. The molecule has 132 valence electrons. The van der Waals surface area contributed by atoms with Crippen LogP contribution in [0, 0.1) is 0 Å². The van der Waals surface area contributed by atoms with E-state index in [0.29, 0.717) is 27.9 Å². The quantitative estimate of drug-likeness (QED) is 0.806. The lowest BCUT2D eigenvalue weighted by molar-refractivity contribution is -0.127.